The molecule has 0 amide bonds. The zero-order valence-electron chi connectivity index (χ0n) is 17.5. The first kappa shape index (κ1) is 22.6. The highest BCUT2D eigenvalue weighted by Gasteiger charge is 2.32. The molecular weight excluding hydrogens is 443 g/mol. The van der Waals surface area contributed by atoms with E-state index in [1.54, 1.807) is 23.6 Å². The molecule has 0 radical (unpaired) electrons. The fourth-order valence-electron chi connectivity index (χ4n) is 3.62. The summed E-state index contributed by atoms with van der Waals surface area (Å²) in [6.07, 6.45) is -4.37. The minimum atomic E-state index is -4.73. The first-order chi connectivity index (χ1) is 15.7. The maximum Gasteiger partial charge on any atom is 0.573 e. The van der Waals surface area contributed by atoms with Gasteiger partial charge in [-0.05, 0) is 46.7 Å². The number of imidazole rings is 1. The molecule has 0 aliphatic carbocycles. The molecular formula is C22H20F3N3O5. The van der Waals surface area contributed by atoms with Gasteiger partial charge in [0.05, 0.1) is 13.2 Å². The van der Waals surface area contributed by atoms with Gasteiger partial charge in [0.1, 0.15) is 17.5 Å². The monoisotopic (exact) mass is 463 g/mol. The highest BCUT2D eigenvalue weighted by Crippen LogP contribution is 2.29. The van der Waals surface area contributed by atoms with Crippen molar-refractivity contribution in [2.24, 2.45) is 0 Å². The van der Waals surface area contributed by atoms with Crippen molar-refractivity contribution in [2.45, 2.75) is 39.0 Å². The van der Waals surface area contributed by atoms with Gasteiger partial charge >= 0.3 is 18.2 Å². The van der Waals surface area contributed by atoms with Crippen LogP contribution in [0.5, 0.6) is 11.8 Å². The predicted octanol–water partition coefficient (Wildman–Crippen LogP) is 5.03. The number of rotatable bonds is 7. The van der Waals surface area contributed by atoms with E-state index in [4.69, 9.17) is 9.47 Å². The van der Waals surface area contributed by atoms with Crippen molar-refractivity contribution in [3.63, 3.8) is 0 Å². The minimum absolute atomic E-state index is 0.207. The molecule has 4 rings (SSSR count). The number of alkyl halides is 3. The maximum atomic E-state index is 12.3. The second-order valence-electron chi connectivity index (χ2n) is 7.53. The van der Waals surface area contributed by atoms with Gasteiger partial charge < -0.3 is 24.3 Å². The first-order valence-electron chi connectivity index (χ1n) is 10.1. The number of hydrogen-bond acceptors (Lipinski definition) is 6. The van der Waals surface area contributed by atoms with Crippen molar-refractivity contribution >= 4 is 5.82 Å². The van der Waals surface area contributed by atoms with Crippen molar-refractivity contribution in [2.75, 3.05) is 6.61 Å². The number of fused-ring (bicyclic) bond motifs is 1. The maximum absolute atomic E-state index is 12.3. The zero-order valence-corrected chi connectivity index (χ0v) is 17.5. The van der Waals surface area contributed by atoms with Crippen molar-refractivity contribution in [1.29, 1.82) is 0 Å². The summed E-state index contributed by atoms with van der Waals surface area (Å²) in [6.45, 7) is 2.78. The van der Waals surface area contributed by atoms with Gasteiger partial charge in [-0.3, -0.25) is 4.57 Å². The number of nitrogens with zero attached hydrogens (tertiary/aromatic N) is 3. The summed E-state index contributed by atoms with van der Waals surface area (Å²) in [5, 5.41) is 11.0. The number of ether oxygens (including phenoxy) is 3. The third kappa shape index (κ3) is 5.43. The average molecular weight is 463 g/mol. The highest BCUT2D eigenvalue weighted by atomic mass is 19.4. The molecule has 11 heteroatoms. The molecule has 2 heterocycles. The molecule has 0 saturated heterocycles. The van der Waals surface area contributed by atoms with E-state index in [1.807, 2.05) is 24.3 Å². The Hall–Kier alpha value is -3.60. The fourth-order valence-corrected chi connectivity index (χ4v) is 3.62. The van der Waals surface area contributed by atoms with Crippen LogP contribution in [0.25, 0.3) is 11.1 Å². The van der Waals surface area contributed by atoms with Crippen LogP contribution in [-0.2, 0) is 17.9 Å². The molecule has 3 aromatic rings. The molecule has 1 atom stereocenters. The zero-order chi connectivity index (χ0) is 23.6. The van der Waals surface area contributed by atoms with Crippen LogP contribution in [-0.4, -0.2) is 33.5 Å². The van der Waals surface area contributed by atoms with Crippen LogP contribution in [0.1, 0.15) is 17.7 Å². The van der Waals surface area contributed by atoms with E-state index >= 15 is 0 Å². The molecule has 0 spiro atoms. The van der Waals surface area contributed by atoms with Gasteiger partial charge in [0.2, 0.25) is 0 Å². The van der Waals surface area contributed by atoms with Crippen LogP contribution < -0.4 is 9.47 Å². The Morgan fingerprint density at radius 2 is 1.97 bits per heavy atom. The lowest BCUT2D eigenvalue weighted by atomic mass is 10.0. The normalized spacial score (nSPS) is 15.6. The fraction of sp³-hybridized carbons (Fsp3) is 0.318. The number of aromatic nitrogens is 2. The molecule has 0 bridgehead atoms. The molecule has 0 saturated carbocycles. The Labute approximate surface area is 186 Å². The Morgan fingerprint density at radius 3 is 2.67 bits per heavy atom. The van der Waals surface area contributed by atoms with Gasteiger partial charge in [-0.2, -0.15) is 0 Å². The summed E-state index contributed by atoms with van der Waals surface area (Å²) in [4.78, 5) is 14.5. The number of benzene rings is 2. The minimum Gasteiger partial charge on any atom is -0.440 e. The third-order valence-electron chi connectivity index (χ3n) is 5.20. The Balaban J connectivity index is 1.33. The molecule has 8 nitrogen and oxygen atoms in total. The average Bonchev–Trinajstić information content (AvgIpc) is 3.10. The summed E-state index contributed by atoms with van der Waals surface area (Å²) in [5.74, 6) is -0.485. The molecule has 174 valence electrons. The summed E-state index contributed by atoms with van der Waals surface area (Å²) in [7, 11) is 0. The number of hydrogen-bond donors (Lipinski definition) is 0. The summed E-state index contributed by atoms with van der Waals surface area (Å²) >= 11 is 0. The largest absolute Gasteiger partial charge is 0.573 e. The summed E-state index contributed by atoms with van der Waals surface area (Å²) in [6, 6.07) is 13.3. The van der Waals surface area contributed by atoms with Crippen LogP contribution >= 0.6 is 0 Å². The van der Waals surface area contributed by atoms with E-state index in [0.717, 1.165) is 16.7 Å². The van der Waals surface area contributed by atoms with E-state index in [-0.39, 0.29) is 30.3 Å². The van der Waals surface area contributed by atoms with Crippen LogP contribution in [0, 0.1) is 17.0 Å². The van der Waals surface area contributed by atoms with E-state index in [0.29, 0.717) is 25.3 Å². The second kappa shape index (κ2) is 9.10. The summed E-state index contributed by atoms with van der Waals surface area (Å²) in [5.41, 5.74) is 2.91. The quantitative estimate of drug-likeness (QED) is 0.361. The molecule has 1 aliphatic rings. The van der Waals surface area contributed by atoms with E-state index in [9.17, 15) is 23.3 Å². The SMILES string of the molecule is Cc1c([N+](=O)[O-])nc2n1CCC(COCc1cccc(-c3ccc(OC(F)(F)F)cc3)c1)O2. The molecule has 1 aliphatic heterocycles. The van der Waals surface area contributed by atoms with Crippen molar-refractivity contribution < 1.29 is 32.3 Å². The van der Waals surface area contributed by atoms with Gasteiger partial charge in [-0.1, -0.05) is 30.3 Å². The van der Waals surface area contributed by atoms with Crippen LogP contribution in [0.3, 0.4) is 0 Å². The first-order valence-corrected chi connectivity index (χ1v) is 10.1. The number of nitro groups is 1. The van der Waals surface area contributed by atoms with Crippen molar-refractivity contribution in [3.05, 3.63) is 69.9 Å². The molecule has 0 N–H and O–H groups in total. The standard InChI is InChI=1S/C22H20F3N3O5/c1-14-20(28(29)30)26-21-27(14)10-9-19(32-21)13-31-12-15-3-2-4-17(11-15)16-5-7-18(8-6-16)33-22(23,24)25/h2-8,11,19H,9-10,12-13H2,1H3. The van der Waals surface area contributed by atoms with Gasteiger partial charge in [0.15, 0.2) is 0 Å². The van der Waals surface area contributed by atoms with Crippen LogP contribution in [0.4, 0.5) is 19.0 Å². The lowest BCUT2D eigenvalue weighted by molar-refractivity contribution is -0.390. The van der Waals surface area contributed by atoms with Crippen molar-refractivity contribution in [1.82, 2.24) is 9.55 Å². The van der Waals surface area contributed by atoms with Gasteiger partial charge in [-0.25, -0.2) is 0 Å². The van der Waals surface area contributed by atoms with Crippen molar-refractivity contribution in [3.8, 4) is 22.9 Å². The van der Waals surface area contributed by atoms with Gasteiger partial charge in [0.25, 0.3) is 0 Å². The molecule has 1 unspecified atom stereocenters. The van der Waals surface area contributed by atoms with E-state index in [1.165, 1.54) is 12.1 Å². The number of halogens is 3. The Bertz CT molecular complexity index is 1150. The third-order valence-corrected chi connectivity index (χ3v) is 5.20. The van der Waals surface area contributed by atoms with Crippen LogP contribution in [0.15, 0.2) is 48.5 Å². The van der Waals surface area contributed by atoms with Gasteiger partial charge in [0, 0.05) is 17.9 Å². The highest BCUT2D eigenvalue weighted by molar-refractivity contribution is 5.64. The Kier molecular flexibility index (Phi) is 6.23. The lowest BCUT2D eigenvalue weighted by Crippen LogP contribution is -2.30. The molecule has 33 heavy (non-hydrogen) atoms. The van der Waals surface area contributed by atoms with E-state index in [2.05, 4.69) is 9.72 Å². The predicted molar refractivity (Wildman–Crippen MR) is 111 cm³/mol. The molecule has 2 aromatic carbocycles. The van der Waals surface area contributed by atoms with E-state index < -0.39 is 11.3 Å². The second-order valence-corrected chi connectivity index (χ2v) is 7.53. The topological polar surface area (TPSA) is 88.7 Å². The lowest BCUT2D eigenvalue weighted by Gasteiger charge is -2.22. The smallest absolute Gasteiger partial charge is 0.440 e. The molecule has 1 aromatic heterocycles. The molecule has 0 fully saturated rings. The Morgan fingerprint density at radius 1 is 1.21 bits per heavy atom. The summed E-state index contributed by atoms with van der Waals surface area (Å²) < 4.78 is 54.1. The van der Waals surface area contributed by atoms with Gasteiger partial charge in [-0.15, -0.1) is 13.2 Å². The van der Waals surface area contributed by atoms with Crippen LogP contribution in [0.2, 0.25) is 0 Å².